The van der Waals surface area contributed by atoms with Crippen molar-refractivity contribution >= 4 is 34.8 Å². The number of fused-ring (bicyclic) bond motifs is 1. The van der Waals surface area contributed by atoms with Crippen molar-refractivity contribution in [3.8, 4) is 11.4 Å². The minimum atomic E-state index is -1.04. The first kappa shape index (κ1) is 29.9. The van der Waals surface area contributed by atoms with Crippen LogP contribution in [0.5, 0.6) is 5.75 Å². The van der Waals surface area contributed by atoms with Crippen molar-refractivity contribution in [3.63, 3.8) is 0 Å². The number of aromatic nitrogens is 5. The van der Waals surface area contributed by atoms with Crippen molar-refractivity contribution in [1.82, 2.24) is 29.7 Å². The van der Waals surface area contributed by atoms with Gasteiger partial charge < -0.3 is 15.2 Å². The van der Waals surface area contributed by atoms with E-state index in [9.17, 15) is 5.11 Å². The van der Waals surface area contributed by atoms with E-state index in [2.05, 4.69) is 79.8 Å². The molecule has 3 aromatic heterocycles. The number of benzene rings is 2. The van der Waals surface area contributed by atoms with E-state index in [-0.39, 0.29) is 11.3 Å². The van der Waals surface area contributed by atoms with Crippen molar-refractivity contribution in [2.24, 2.45) is 0 Å². The van der Waals surface area contributed by atoms with Gasteiger partial charge in [-0.05, 0) is 42.0 Å². The van der Waals surface area contributed by atoms with Crippen molar-refractivity contribution in [2.45, 2.75) is 68.6 Å². The summed E-state index contributed by atoms with van der Waals surface area (Å²) in [4.78, 5) is 2.16. The van der Waals surface area contributed by atoms with Crippen LogP contribution in [0.4, 0.5) is 5.82 Å². The molecule has 0 saturated heterocycles. The number of hydrogen-bond donors (Lipinski definition) is 3. The van der Waals surface area contributed by atoms with E-state index in [1.165, 1.54) is 0 Å². The first-order valence-corrected chi connectivity index (χ1v) is 15.0. The average molecular weight is 606 g/mol. The summed E-state index contributed by atoms with van der Waals surface area (Å²) in [5.74, 6) is 2.41. The summed E-state index contributed by atoms with van der Waals surface area (Å²) >= 11 is 8.07. The molecule has 0 radical (unpaired) electrons. The van der Waals surface area contributed by atoms with Gasteiger partial charge in [0.05, 0.1) is 23.5 Å². The largest absolute Gasteiger partial charge is 0.495 e. The van der Waals surface area contributed by atoms with Gasteiger partial charge in [0.1, 0.15) is 17.4 Å². The number of aliphatic hydroxyl groups is 1. The maximum atomic E-state index is 11.0. The smallest absolute Gasteiger partial charge is 0.182 e. The first-order chi connectivity index (χ1) is 20.0. The maximum Gasteiger partial charge on any atom is 0.182 e. The number of rotatable bonds is 10. The zero-order chi connectivity index (χ0) is 30.0. The number of ether oxygens (including phenoxy) is 1. The molecule has 2 aromatic carbocycles. The zero-order valence-electron chi connectivity index (χ0n) is 24.6. The van der Waals surface area contributed by atoms with E-state index < -0.39 is 6.35 Å². The molecule has 0 bridgehead atoms. The van der Waals surface area contributed by atoms with Gasteiger partial charge in [-0.2, -0.15) is 5.10 Å². The molecule has 0 saturated carbocycles. The summed E-state index contributed by atoms with van der Waals surface area (Å²) in [5, 5.41) is 31.3. The first-order valence-electron chi connectivity index (χ1n) is 13.8. The number of aliphatic hydroxyl groups excluding tert-OH is 1. The van der Waals surface area contributed by atoms with Crippen molar-refractivity contribution in [2.75, 3.05) is 12.4 Å². The third kappa shape index (κ3) is 6.57. The van der Waals surface area contributed by atoms with Gasteiger partial charge in [0, 0.05) is 39.9 Å². The lowest BCUT2D eigenvalue weighted by atomic mass is 9.92. The van der Waals surface area contributed by atoms with Crippen LogP contribution in [0.2, 0.25) is 5.02 Å². The highest BCUT2D eigenvalue weighted by Crippen LogP contribution is 2.32. The van der Waals surface area contributed by atoms with E-state index >= 15 is 0 Å². The molecule has 0 aliphatic carbocycles. The van der Waals surface area contributed by atoms with Crippen LogP contribution in [0.3, 0.4) is 0 Å². The van der Waals surface area contributed by atoms with Gasteiger partial charge >= 0.3 is 0 Å². The monoisotopic (exact) mass is 605 g/mol. The second-order valence-corrected chi connectivity index (χ2v) is 12.9. The molecule has 1 unspecified atom stereocenters. The Morgan fingerprint density at radius 2 is 1.83 bits per heavy atom. The molecule has 0 fully saturated rings. The Labute approximate surface area is 255 Å². The zero-order valence-corrected chi connectivity index (χ0v) is 26.2. The van der Waals surface area contributed by atoms with E-state index in [0.29, 0.717) is 23.1 Å². The predicted molar refractivity (Wildman–Crippen MR) is 168 cm³/mol. The standard InChI is InChI=1S/C31H36ClN7O2S/c1-19(2)29-36-35-27-14-12-22(18-38(27)29)42-25-10-8-7-9-20(25)17-33-30(40)34-28-16-26(31(3,4)5)37-39(28)21-11-13-24(41-6)23(32)15-21/h7-16,18-19,30,33-34,40H,17H2,1-6H3. The minimum Gasteiger partial charge on any atom is -0.495 e. The van der Waals surface area contributed by atoms with Gasteiger partial charge in [-0.25, -0.2) is 4.68 Å². The van der Waals surface area contributed by atoms with Crippen molar-refractivity contribution in [1.29, 1.82) is 0 Å². The molecular formula is C31H36ClN7O2S. The summed E-state index contributed by atoms with van der Waals surface area (Å²) < 4.78 is 9.10. The lowest BCUT2D eigenvalue weighted by molar-refractivity contribution is 0.162. The topological polar surface area (TPSA) is 102 Å². The third-order valence-electron chi connectivity index (χ3n) is 6.75. The summed E-state index contributed by atoms with van der Waals surface area (Å²) in [6, 6.07) is 19.6. The second kappa shape index (κ2) is 12.3. The molecule has 9 nitrogen and oxygen atoms in total. The summed E-state index contributed by atoms with van der Waals surface area (Å²) in [6.07, 6.45) is 1.04. The Morgan fingerprint density at radius 3 is 2.55 bits per heavy atom. The Hall–Kier alpha value is -3.57. The Kier molecular flexibility index (Phi) is 8.79. The van der Waals surface area contributed by atoms with E-state index in [0.717, 1.165) is 38.2 Å². The van der Waals surface area contributed by atoms with Crippen LogP contribution >= 0.6 is 23.4 Å². The molecule has 0 aliphatic rings. The fraction of sp³-hybridized carbons (Fsp3) is 0.323. The Morgan fingerprint density at radius 1 is 1.05 bits per heavy atom. The number of hydrogen-bond acceptors (Lipinski definition) is 8. The Bertz CT molecular complexity index is 1690. The van der Waals surface area contributed by atoms with Crippen LogP contribution in [0.1, 0.15) is 57.6 Å². The summed E-state index contributed by atoms with van der Waals surface area (Å²) in [5.41, 5.74) is 3.31. The van der Waals surface area contributed by atoms with Gasteiger partial charge in [-0.15, -0.1) is 10.2 Å². The molecular weight excluding hydrogens is 570 g/mol. The molecule has 3 heterocycles. The number of methoxy groups -OCH3 is 1. The summed E-state index contributed by atoms with van der Waals surface area (Å²) in [6.45, 7) is 11.0. The van der Waals surface area contributed by atoms with Crippen LogP contribution in [0.15, 0.2) is 76.7 Å². The normalized spacial score (nSPS) is 12.7. The SMILES string of the molecule is COc1ccc(-n2nc(C(C)(C)C)cc2NC(O)NCc2ccccc2Sc2ccc3nnc(C(C)C)n3c2)cc1Cl. The number of halogens is 1. The molecule has 220 valence electrons. The fourth-order valence-electron chi connectivity index (χ4n) is 4.45. The third-order valence-corrected chi connectivity index (χ3v) is 8.14. The molecule has 0 spiro atoms. The molecule has 0 amide bonds. The number of nitrogens with one attached hydrogen (secondary N) is 2. The molecule has 11 heteroatoms. The molecule has 5 rings (SSSR count). The highest BCUT2D eigenvalue weighted by Gasteiger charge is 2.22. The van der Waals surface area contributed by atoms with Crippen LogP contribution in [-0.2, 0) is 12.0 Å². The van der Waals surface area contributed by atoms with Crippen LogP contribution in [0, 0.1) is 0 Å². The minimum absolute atomic E-state index is 0.196. The maximum absolute atomic E-state index is 11.0. The molecule has 3 N–H and O–H groups in total. The molecule has 0 aliphatic heterocycles. The van der Waals surface area contributed by atoms with Crippen LogP contribution in [-0.4, -0.2) is 42.9 Å². The summed E-state index contributed by atoms with van der Waals surface area (Å²) in [7, 11) is 1.58. The van der Waals surface area contributed by atoms with Crippen molar-refractivity contribution in [3.05, 3.63) is 89.0 Å². The van der Waals surface area contributed by atoms with Crippen LogP contribution in [0.25, 0.3) is 11.3 Å². The molecule has 1 atom stereocenters. The number of anilines is 1. The van der Waals surface area contributed by atoms with Gasteiger partial charge in [0.15, 0.2) is 12.0 Å². The van der Waals surface area contributed by atoms with Crippen molar-refractivity contribution < 1.29 is 9.84 Å². The predicted octanol–water partition coefficient (Wildman–Crippen LogP) is 6.63. The van der Waals surface area contributed by atoms with Gasteiger partial charge in [0.2, 0.25) is 0 Å². The average Bonchev–Trinajstić information content (AvgIpc) is 3.57. The highest BCUT2D eigenvalue weighted by molar-refractivity contribution is 7.99. The number of pyridine rings is 1. The second-order valence-electron chi connectivity index (χ2n) is 11.3. The van der Waals surface area contributed by atoms with E-state index in [1.54, 1.807) is 35.7 Å². The van der Waals surface area contributed by atoms with Gasteiger partial charge in [-0.1, -0.05) is 76.2 Å². The van der Waals surface area contributed by atoms with E-state index in [1.807, 2.05) is 34.7 Å². The molecule has 5 aromatic rings. The van der Waals surface area contributed by atoms with E-state index in [4.69, 9.17) is 21.4 Å². The van der Waals surface area contributed by atoms with Gasteiger partial charge in [-0.3, -0.25) is 9.72 Å². The lowest BCUT2D eigenvalue weighted by Crippen LogP contribution is -2.36. The van der Waals surface area contributed by atoms with Gasteiger partial charge in [0.25, 0.3) is 0 Å². The number of nitrogens with zero attached hydrogens (tertiary/aromatic N) is 5. The molecule has 42 heavy (non-hydrogen) atoms. The quantitative estimate of drug-likeness (QED) is 0.153. The Balaban J connectivity index is 1.33. The highest BCUT2D eigenvalue weighted by atomic mass is 35.5. The fourth-order valence-corrected chi connectivity index (χ4v) is 5.67. The lowest BCUT2D eigenvalue weighted by Gasteiger charge is -2.18. The van der Waals surface area contributed by atoms with Crippen LogP contribution < -0.4 is 15.4 Å².